The average Bonchev–Trinajstić information content (AvgIpc) is 2.45. The molecule has 0 spiro atoms. The topological polar surface area (TPSA) is 29.1 Å². The van der Waals surface area contributed by atoms with Crippen molar-refractivity contribution >= 4 is 29.4 Å². The van der Waals surface area contributed by atoms with Crippen LogP contribution in [-0.2, 0) is 10.5 Å². The second-order valence-electron chi connectivity index (χ2n) is 5.21. The van der Waals surface area contributed by atoms with Gasteiger partial charge in [0.1, 0.15) is 5.82 Å². The van der Waals surface area contributed by atoms with Crippen LogP contribution in [0.5, 0.6) is 0 Å². The number of halogens is 1. The maximum Gasteiger partial charge on any atom is 0.220 e. The number of carbonyl (C=O) groups excluding carboxylic acids is 1. The average molecular weight is 330 g/mol. The SMILES string of the molecule is CC(C)CSCCC(=O)NCCSCc1ccccc1F. The number of benzene rings is 1. The lowest BCUT2D eigenvalue weighted by molar-refractivity contribution is -0.120. The Labute approximate surface area is 135 Å². The van der Waals surface area contributed by atoms with Crippen LogP contribution < -0.4 is 5.32 Å². The summed E-state index contributed by atoms with van der Waals surface area (Å²) in [6.45, 7) is 5.01. The minimum Gasteiger partial charge on any atom is -0.355 e. The minimum absolute atomic E-state index is 0.109. The molecule has 1 rings (SSSR count). The third-order valence-electron chi connectivity index (χ3n) is 2.71. The molecule has 5 heteroatoms. The molecular formula is C16H24FNOS2. The van der Waals surface area contributed by atoms with E-state index >= 15 is 0 Å². The van der Waals surface area contributed by atoms with Crippen molar-refractivity contribution in [3.8, 4) is 0 Å². The molecule has 0 fully saturated rings. The third-order valence-corrected chi connectivity index (χ3v) is 5.11. The zero-order chi connectivity index (χ0) is 15.5. The molecule has 1 amide bonds. The Morgan fingerprint density at radius 3 is 2.71 bits per heavy atom. The fraction of sp³-hybridized carbons (Fsp3) is 0.562. The van der Waals surface area contributed by atoms with E-state index in [0.29, 0.717) is 24.6 Å². The molecule has 0 aliphatic rings. The Balaban J connectivity index is 2.01. The van der Waals surface area contributed by atoms with Crippen LogP contribution in [0.4, 0.5) is 4.39 Å². The number of nitrogens with one attached hydrogen (secondary N) is 1. The van der Waals surface area contributed by atoms with E-state index in [-0.39, 0.29) is 11.7 Å². The lowest BCUT2D eigenvalue weighted by atomic mass is 10.2. The summed E-state index contributed by atoms with van der Waals surface area (Å²) in [5.74, 6) is 4.06. The van der Waals surface area contributed by atoms with E-state index in [1.165, 1.54) is 6.07 Å². The lowest BCUT2D eigenvalue weighted by Gasteiger charge is -2.07. The summed E-state index contributed by atoms with van der Waals surface area (Å²) in [4.78, 5) is 11.6. The van der Waals surface area contributed by atoms with E-state index in [1.54, 1.807) is 23.9 Å². The van der Waals surface area contributed by atoms with Crippen LogP contribution in [0.25, 0.3) is 0 Å². The molecular weight excluding hydrogens is 305 g/mol. The summed E-state index contributed by atoms with van der Waals surface area (Å²) in [6, 6.07) is 6.82. The van der Waals surface area contributed by atoms with Gasteiger partial charge in [-0.25, -0.2) is 4.39 Å². The van der Waals surface area contributed by atoms with Gasteiger partial charge in [-0.05, 0) is 23.3 Å². The van der Waals surface area contributed by atoms with E-state index in [1.807, 2.05) is 17.8 Å². The molecule has 1 aromatic carbocycles. The Morgan fingerprint density at radius 1 is 1.24 bits per heavy atom. The molecule has 1 aromatic rings. The normalized spacial score (nSPS) is 10.9. The maximum atomic E-state index is 13.4. The molecule has 118 valence electrons. The summed E-state index contributed by atoms with van der Waals surface area (Å²) in [7, 11) is 0. The zero-order valence-corrected chi connectivity index (χ0v) is 14.4. The van der Waals surface area contributed by atoms with Crippen molar-refractivity contribution < 1.29 is 9.18 Å². The standard InChI is InChI=1S/C16H24FNOS2/c1-13(2)11-20-9-7-16(19)18-8-10-21-12-14-5-3-4-6-15(14)17/h3-6,13H,7-12H2,1-2H3,(H,18,19). The van der Waals surface area contributed by atoms with Crippen LogP contribution in [0.1, 0.15) is 25.8 Å². The molecule has 0 aliphatic heterocycles. The van der Waals surface area contributed by atoms with Gasteiger partial charge in [0.2, 0.25) is 5.91 Å². The van der Waals surface area contributed by atoms with Crippen molar-refractivity contribution in [3.63, 3.8) is 0 Å². The molecule has 0 bridgehead atoms. The molecule has 0 atom stereocenters. The minimum atomic E-state index is -0.156. The molecule has 0 unspecified atom stereocenters. The number of thioether (sulfide) groups is 2. The fourth-order valence-corrected chi connectivity index (χ4v) is 3.45. The highest BCUT2D eigenvalue weighted by atomic mass is 32.2. The molecule has 0 saturated heterocycles. The van der Waals surface area contributed by atoms with Gasteiger partial charge in [0.05, 0.1) is 0 Å². The van der Waals surface area contributed by atoms with Crippen molar-refractivity contribution in [1.29, 1.82) is 0 Å². The Bertz CT molecular complexity index is 426. The van der Waals surface area contributed by atoms with E-state index in [0.717, 1.165) is 22.8 Å². The van der Waals surface area contributed by atoms with Gasteiger partial charge in [0.15, 0.2) is 0 Å². The molecule has 0 radical (unpaired) electrons. The first-order chi connectivity index (χ1) is 10.1. The number of amides is 1. The summed E-state index contributed by atoms with van der Waals surface area (Å²) < 4.78 is 13.4. The highest BCUT2D eigenvalue weighted by Crippen LogP contribution is 2.14. The molecule has 0 aliphatic carbocycles. The Hall–Kier alpha value is -0.680. The van der Waals surface area contributed by atoms with Gasteiger partial charge in [0.25, 0.3) is 0 Å². The summed E-state index contributed by atoms with van der Waals surface area (Å²) in [5, 5.41) is 2.90. The van der Waals surface area contributed by atoms with Crippen LogP contribution >= 0.6 is 23.5 Å². The summed E-state index contributed by atoms with van der Waals surface area (Å²) >= 11 is 3.46. The van der Waals surface area contributed by atoms with E-state index in [2.05, 4.69) is 19.2 Å². The first-order valence-corrected chi connectivity index (χ1v) is 9.56. The highest BCUT2D eigenvalue weighted by molar-refractivity contribution is 7.99. The van der Waals surface area contributed by atoms with E-state index in [9.17, 15) is 9.18 Å². The largest absolute Gasteiger partial charge is 0.355 e. The molecule has 1 N–H and O–H groups in total. The van der Waals surface area contributed by atoms with E-state index in [4.69, 9.17) is 0 Å². The number of hydrogen-bond acceptors (Lipinski definition) is 3. The monoisotopic (exact) mass is 329 g/mol. The Morgan fingerprint density at radius 2 is 2.00 bits per heavy atom. The van der Waals surface area contributed by atoms with Crippen LogP contribution in [0.2, 0.25) is 0 Å². The number of carbonyl (C=O) groups is 1. The van der Waals surface area contributed by atoms with Gasteiger partial charge in [-0.2, -0.15) is 23.5 Å². The van der Waals surface area contributed by atoms with Crippen LogP contribution in [0.15, 0.2) is 24.3 Å². The molecule has 0 aromatic heterocycles. The van der Waals surface area contributed by atoms with Crippen molar-refractivity contribution in [3.05, 3.63) is 35.6 Å². The molecule has 2 nitrogen and oxygen atoms in total. The molecule has 0 heterocycles. The predicted octanol–water partition coefficient (Wildman–Crippen LogP) is 3.95. The number of hydrogen-bond donors (Lipinski definition) is 1. The smallest absolute Gasteiger partial charge is 0.220 e. The van der Waals surface area contributed by atoms with Crippen molar-refractivity contribution in [1.82, 2.24) is 5.32 Å². The second-order valence-corrected chi connectivity index (χ2v) is 7.47. The van der Waals surface area contributed by atoms with Crippen LogP contribution in [0, 0.1) is 11.7 Å². The quantitative estimate of drug-likeness (QED) is 0.659. The summed E-state index contributed by atoms with van der Waals surface area (Å²) in [5.41, 5.74) is 0.721. The van der Waals surface area contributed by atoms with Crippen LogP contribution in [0.3, 0.4) is 0 Å². The maximum absolute atomic E-state index is 13.4. The van der Waals surface area contributed by atoms with Crippen molar-refractivity contribution in [2.45, 2.75) is 26.0 Å². The summed E-state index contributed by atoms with van der Waals surface area (Å²) in [6.07, 6.45) is 0.579. The first kappa shape index (κ1) is 18.4. The molecule has 0 saturated carbocycles. The zero-order valence-electron chi connectivity index (χ0n) is 12.7. The third kappa shape index (κ3) is 9.04. The Kier molecular flexibility index (Phi) is 9.59. The van der Waals surface area contributed by atoms with Crippen molar-refractivity contribution in [2.75, 3.05) is 23.8 Å². The fourth-order valence-electron chi connectivity index (χ4n) is 1.63. The van der Waals surface area contributed by atoms with Crippen LogP contribution in [-0.4, -0.2) is 29.7 Å². The van der Waals surface area contributed by atoms with Gasteiger partial charge in [-0.15, -0.1) is 0 Å². The first-order valence-electron chi connectivity index (χ1n) is 7.25. The number of rotatable bonds is 10. The predicted molar refractivity (Wildman–Crippen MR) is 92.4 cm³/mol. The highest BCUT2D eigenvalue weighted by Gasteiger charge is 2.03. The van der Waals surface area contributed by atoms with Gasteiger partial charge >= 0.3 is 0 Å². The van der Waals surface area contributed by atoms with E-state index < -0.39 is 0 Å². The lowest BCUT2D eigenvalue weighted by Crippen LogP contribution is -2.26. The molecule has 21 heavy (non-hydrogen) atoms. The van der Waals surface area contributed by atoms with Gasteiger partial charge < -0.3 is 5.32 Å². The van der Waals surface area contributed by atoms with Gasteiger partial charge in [-0.3, -0.25) is 4.79 Å². The van der Waals surface area contributed by atoms with Gasteiger partial charge in [-0.1, -0.05) is 32.0 Å². The van der Waals surface area contributed by atoms with Crippen molar-refractivity contribution in [2.24, 2.45) is 5.92 Å². The second kappa shape index (κ2) is 11.0. The van der Waals surface area contributed by atoms with Gasteiger partial charge in [0, 0.05) is 30.2 Å².